The lowest BCUT2D eigenvalue weighted by Gasteiger charge is -2.18. The van der Waals surface area contributed by atoms with Crippen LogP contribution in [0.4, 0.5) is 0 Å². The van der Waals surface area contributed by atoms with Crippen molar-refractivity contribution < 1.29 is 14.7 Å². The maximum absolute atomic E-state index is 9.51. The molecule has 1 saturated heterocycles. The molecule has 1 heterocycles. The van der Waals surface area contributed by atoms with E-state index in [-0.39, 0.29) is 12.2 Å². The Hall–Kier alpha value is -0.610. The Balaban J connectivity index is 1.74. The SMILES string of the molecule is OC1CCCC/C1=N\OCC1CO1. The van der Waals surface area contributed by atoms with Gasteiger partial charge >= 0.3 is 0 Å². The largest absolute Gasteiger partial charge is 0.393 e. The first-order valence-electron chi connectivity index (χ1n) is 4.84. The second-order valence-corrected chi connectivity index (χ2v) is 3.60. The smallest absolute Gasteiger partial charge is 0.145 e. The molecule has 4 heteroatoms. The molecule has 0 amide bonds. The minimum atomic E-state index is -0.381. The third-order valence-electron chi connectivity index (χ3n) is 2.39. The Bertz CT molecular complexity index is 201. The highest BCUT2D eigenvalue weighted by molar-refractivity contribution is 5.88. The minimum Gasteiger partial charge on any atom is -0.393 e. The molecular formula is C9H15NO3. The fraction of sp³-hybridized carbons (Fsp3) is 0.889. The van der Waals surface area contributed by atoms with Crippen LogP contribution < -0.4 is 0 Å². The molecule has 0 aromatic rings. The number of rotatable bonds is 3. The highest BCUT2D eigenvalue weighted by Crippen LogP contribution is 2.16. The molecule has 74 valence electrons. The number of epoxide rings is 1. The van der Waals surface area contributed by atoms with E-state index in [4.69, 9.17) is 9.57 Å². The molecule has 1 saturated carbocycles. The fourth-order valence-electron chi connectivity index (χ4n) is 1.45. The van der Waals surface area contributed by atoms with Crippen molar-refractivity contribution in [2.45, 2.75) is 37.9 Å². The molecule has 1 aliphatic carbocycles. The van der Waals surface area contributed by atoms with Crippen LogP contribution >= 0.6 is 0 Å². The Morgan fingerprint density at radius 2 is 2.38 bits per heavy atom. The summed E-state index contributed by atoms with van der Waals surface area (Å²) in [6.45, 7) is 1.31. The van der Waals surface area contributed by atoms with Gasteiger partial charge in [0.15, 0.2) is 0 Å². The van der Waals surface area contributed by atoms with Crippen molar-refractivity contribution in [3.8, 4) is 0 Å². The van der Waals surface area contributed by atoms with E-state index in [0.29, 0.717) is 6.61 Å². The summed E-state index contributed by atoms with van der Waals surface area (Å²) in [5, 5.41) is 13.4. The Morgan fingerprint density at radius 1 is 1.54 bits per heavy atom. The highest BCUT2D eigenvalue weighted by Gasteiger charge is 2.24. The lowest BCUT2D eigenvalue weighted by Crippen LogP contribution is -2.24. The lowest BCUT2D eigenvalue weighted by atomic mass is 9.96. The lowest BCUT2D eigenvalue weighted by molar-refractivity contribution is 0.116. The molecule has 0 aromatic heterocycles. The van der Waals surface area contributed by atoms with Gasteiger partial charge in [0.05, 0.1) is 18.4 Å². The summed E-state index contributed by atoms with van der Waals surface area (Å²) in [5.41, 5.74) is 0.798. The van der Waals surface area contributed by atoms with Gasteiger partial charge in [0, 0.05) is 0 Å². The van der Waals surface area contributed by atoms with E-state index in [1.54, 1.807) is 0 Å². The maximum Gasteiger partial charge on any atom is 0.145 e. The van der Waals surface area contributed by atoms with Gasteiger partial charge in [0.2, 0.25) is 0 Å². The van der Waals surface area contributed by atoms with Crippen LogP contribution in [-0.4, -0.2) is 36.2 Å². The number of aliphatic hydroxyl groups excluding tert-OH is 1. The van der Waals surface area contributed by atoms with Gasteiger partial charge in [-0.2, -0.15) is 0 Å². The first-order valence-corrected chi connectivity index (χ1v) is 4.84. The van der Waals surface area contributed by atoms with Gasteiger partial charge in [-0.25, -0.2) is 0 Å². The number of ether oxygens (including phenoxy) is 1. The number of hydrogen-bond donors (Lipinski definition) is 1. The van der Waals surface area contributed by atoms with Gasteiger partial charge in [-0.1, -0.05) is 11.6 Å². The molecule has 0 aromatic carbocycles. The molecule has 1 N–H and O–H groups in total. The van der Waals surface area contributed by atoms with Gasteiger partial charge in [0.1, 0.15) is 12.7 Å². The predicted octanol–water partition coefficient (Wildman–Crippen LogP) is 0.693. The van der Waals surface area contributed by atoms with E-state index >= 15 is 0 Å². The summed E-state index contributed by atoms with van der Waals surface area (Å²) in [5.74, 6) is 0. The summed E-state index contributed by atoms with van der Waals surface area (Å²) >= 11 is 0. The monoisotopic (exact) mass is 185 g/mol. The minimum absolute atomic E-state index is 0.241. The van der Waals surface area contributed by atoms with Crippen LogP contribution in [0.25, 0.3) is 0 Å². The first kappa shape index (κ1) is 8.97. The average molecular weight is 185 g/mol. The predicted molar refractivity (Wildman–Crippen MR) is 47.6 cm³/mol. The molecular weight excluding hydrogens is 170 g/mol. The Morgan fingerprint density at radius 3 is 3.08 bits per heavy atom. The van der Waals surface area contributed by atoms with Crippen molar-refractivity contribution in [3.05, 3.63) is 0 Å². The molecule has 2 unspecified atom stereocenters. The van der Waals surface area contributed by atoms with Gasteiger partial charge in [-0.05, 0) is 19.3 Å². The zero-order valence-electron chi connectivity index (χ0n) is 7.61. The van der Waals surface area contributed by atoms with Crippen molar-refractivity contribution in [2.24, 2.45) is 5.16 Å². The van der Waals surface area contributed by atoms with Gasteiger partial charge in [-0.3, -0.25) is 0 Å². The van der Waals surface area contributed by atoms with Crippen molar-refractivity contribution in [1.29, 1.82) is 0 Å². The van der Waals surface area contributed by atoms with Crippen LogP contribution in [0, 0.1) is 0 Å². The Kier molecular flexibility index (Phi) is 2.80. The number of aliphatic hydroxyl groups is 1. The number of nitrogens with zero attached hydrogens (tertiary/aromatic N) is 1. The zero-order chi connectivity index (χ0) is 9.10. The molecule has 2 aliphatic rings. The van der Waals surface area contributed by atoms with Crippen LogP contribution in [0.5, 0.6) is 0 Å². The van der Waals surface area contributed by atoms with Crippen molar-refractivity contribution in [3.63, 3.8) is 0 Å². The molecule has 2 fully saturated rings. The van der Waals surface area contributed by atoms with E-state index in [1.807, 2.05) is 0 Å². The van der Waals surface area contributed by atoms with E-state index in [0.717, 1.165) is 38.0 Å². The highest BCUT2D eigenvalue weighted by atomic mass is 16.7. The fourth-order valence-corrected chi connectivity index (χ4v) is 1.45. The topological polar surface area (TPSA) is 54.4 Å². The van der Waals surface area contributed by atoms with Crippen molar-refractivity contribution >= 4 is 5.71 Å². The third kappa shape index (κ3) is 2.67. The summed E-state index contributed by atoms with van der Waals surface area (Å²) in [4.78, 5) is 5.07. The van der Waals surface area contributed by atoms with Gasteiger partial charge in [-0.15, -0.1) is 0 Å². The molecule has 4 nitrogen and oxygen atoms in total. The van der Waals surface area contributed by atoms with E-state index in [1.165, 1.54) is 0 Å². The summed E-state index contributed by atoms with van der Waals surface area (Å²) in [6.07, 6.45) is 3.75. The van der Waals surface area contributed by atoms with Gasteiger partial charge in [0.25, 0.3) is 0 Å². The van der Waals surface area contributed by atoms with Crippen LogP contribution in [0.2, 0.25) is 0 Å². The maximum atomic E-state index is 9.51. The van der Waals surface area contributed by atoms with Crippen LogP contribution in [0.15, 0.2) is 5.16 Å². The molecule has 0 spiro atoms. The molecule has 0 radical (unpaired) electrons. The summed E-state index contributed by atoms with van der Waals surface area (Å²) in [7, 11) is 0. The number of hydrogen-bond acceptors (Lipinski definition) is 4. The Labute approximate surface area is 77.5 Å². The quantitative estimate of drug-likeness (QED) is 0.520. The standard InChI is InChI=1S/C9H15NO3/c11-9-4-2-1-3-8(9)10-13-6-7-5-12-7/h7,9,11H,1-6H2/b10-8+. The second kappa shape index (κ2) is 4.07. The zero-order valence-corrected chi connectivity index (χ0v) is 7.61. The van der Waals surface area contributed by atoms with E-state index in [9.17, 15) is 5.11 Å². The van der Waals surface area contributed by atoms with Crippen LogP contribution in [-0.2, 0) is 9.57 Å². The molecule has 2 rings (SSSR count). The molecule has 13 heavy (non-hydrogen) atoms. The second-order valence-electron chi connectivity index (χ2n) is 3.60. The normalized spacial score (nSPS) is 36.2. The molecule has 1 aliphatic heterocycles. The van der Waals surface area contributed by atoms with E-state index < -0.39 is 0 Å². The van der Waals surface area contributed by atoms with Gasteiger partial charge < -0.3 is 14.7 Å². The van der Waals surface area contributed by atoms with E-state index in [2.05, 4.69) is 5.16 Å². The molecule has 2 atom stereocenters. The summed E-state index contributed by atoms with van der Waals surface area (Å²) < 4.78 is 4.97. The van der Waals surface area contributed by atoms with Crippen molar-refractivity contribution in [2.75, 3.05) is 13.2 Å². The van der Waals surface area contributed by atoms with Crippen LogP contribution in [0.3, 0.4) is 0 Å². The summed E-state index contributed by atoms with van der Waals surface area (Å²) in [6, 6.07) is 0. The first-order chi connectivity index (χ1) is 6.36. The molecule has 0 bridgehead atoms. The average Bonchev–Trinajstić information content (AvgIpc) is 2.92. The van der Waals surface area contributed by atoms with Crippen LogP contribution in [0.1, 0.15) is 25.7 Å². The van der Waals surface area contributed by atoms with Crippen molar-refractivity contribution in [1.82, 2.24) is 0 Å². The number of oxime groups is 1. The third-order valence-corrected chi connectivity index (χ3v) is 2.39.